The summed E-state index contributed by atoms with van der Waals surface area (Å²) in [6, 6.07) is 4.15. The lowest BCUT2D eigenvalue weighted by molar-refractivity contribution is 0.0906. The van der Waals surface area contributed by atoms with Crippen molar-refractivity contribution in [2.24, 2.45) is 5.92 Å². The van der Waals surface area contributed by atoms with Crippen LogP contribution in [0.4, 0.5) is 5.82 Å². The molecule has 1 saturated carbocycles. The van der Waals surface area contributed by atoms with E-state index in [1.807, 2.05) is 6.07 Å². The Labute approximate surface area is 148 Å². The van der Waals surface area contributed by atoms with Gasteiger partial charge in [0, 0.05) is 23.9 Å². The van der Waals surface area contributed by atoms with Crippen molar-refractivity contribution in [3.63, 3.8) is 0 Å². The summed E-state index contributed by atoms with van der Waals surface area (Å²) in [7, 11) is 0. The van der Waals surface area contributed by atoms with Gasteiger partial charge in [-0.1, -0.05) is 11.3 Å². The molecule has 9 heteroatoms. The fraction of sp³-hybridized carbons (Fsp3) is 0.500. The molecule has 3 N–H and O–H groups in total. The van der Waals surface area contributed by atoms with Crippen molar-refractivity contribution in [3.05, 3.63) is 28.7 Å². The number of hydrogen-bond donors (Lipinski definition) is 3. The summed E-state index contributed by atoms with van der Waals surface area (Å²) in [6.07, 6.45) is 3.13. The van der Waals surface area contributed by atoms with Gasteiger partial charge in [-0.15, -0.1) is 16.4 Å². The van der Waals surface area contributed by atoms with Crippen LogP contribution in [0.5, 0.6) is 0 Å². The first-order valence-electron chi connectivity index (χ1n) is 8.37. The molecule has 0 saturated heterocycles. The van der Waals surface area contributed by atoms with E-state index >= 15 is 0 Å². The predicted molar refractivity (Wildman–Crippen MR) is 94.5 cm³/mol. The first-order valence-corrected chi connectivity index (χ1v) is 9.25. The van der Waals surface area contributed by atoms with Gasteiger partial charge in [0.05, 0.1) is 12.1 Å². The van der Waals surface area contributed by atoms with Crippen molar-refractivity contribution < 1.29 is 10.2 Å². The highest BCUT2D eigenvalue weighted by atomic mass is 32.1. The van der Waals surface area contributed by atoms with Gasteiger partial charge < -0.3 is 15.5 Å². The maximum absolute atomic E-state index is 10.0. The minimum Gasteiger partial charge on any atom is -0.396 e. The molecular formula is C16H20N6O2S. The molecule has 0 aliphatic heterocycles. The molecule has 0 amide bonds. The van der Waals surface area contributed by atoms with Crippen molar-refractivity contribution in [1.82, 2.24) is 25.0 Å². The summed E-state index contributed by atoms with van der Waals surface area (Å²) in [5, 5.41) is 33.2. The molecule has 3 heterocycles. The normalized spacial score (nSPS) is 23.4. The number of anilines is 1. The molecule has 1 aliphatic rings. The molecule has 0 aromatic carbocycles. The number of fused-ring (bicyclic) bond motifs is 1. The minimum absolute atomic E-state index is 0.00832. The predicted octanol–water partition coefficient (Wildman–Crippen LogP) is 1.24. The smallest absolute Gasteiger partial charge is 0.184 e. The Hall–Kier alpha value is -2.10. The Bertz CT molecular complexity index is 836. The highest BCUT2D eigenvalue weighted by molar-refractivity contribution is 7.09. The van der Waals surface area contributed by atoms with Crippen LogP contribution in [0.15, 0.2) is 23.8 Å². The molecule has 0 radical (unpaired) electrons. The van der Waals surface area contributed by atoms with Gasteiger partial charge in [0.15, 0.2) is 17.0 Å². The Morgan fingerprint density at radius 3 is 3.00 bits per heavy atom. The summed E-state index contributed by atoms with van der Waals surface area (Å²) < 4.78 is 1.75. The van der Waals surface area contributed by atoms with E-state index in [2.05, 4.69) is 37.0 Å². The van der Waals surface area contributed by atoms with Gasteiger partial charge in [-0.2, -0.15) is 0 Å². The number of nitrogens with zero attached hydrogens (tertiary/aromatic N) is 5. The third kappa shape index (κ3) is 3.22. The van der Waals surface area contributed by atoms with E-state index in [0.29, 0.717) is 29.8 Å². The van der Waals surface area contributed by atoms with Crippen LogP contribution < -0.4 is 5.32 Å². The third-order valence-electron chi connectivity index (χ3n) is 4.72. The van der Waals surface area contributed by atoms with Crippen molar-refractivity contribution in [1.29, 1.82) is 0 Å². The molecule has 25 heavy (non-hydrogen) atoms. The largest absolute Gasteiger partial charge is 0.396 e. The molecule has 3 aromatic rings. The van der Waals surface area contributed by atoms with Gasteiger partial charge in [0.2, 0.25) is 0 Å². The quantitative estimate of drug-likeness (QED) is 0.607. The van der Waals surface area contributed by atoms with Gasteiger partial charge in [-0.3, -0.25) is 0 Å². The average Bonchev–Trinajstić information content (AvgIpc) is 3.34. The highest BCUT2D eigenvalue weighted by Gasteiger charge is 2.35. The van der Waals surface area contributed by atoms with Crippen molar-refractivity contribution in [2.45, 2.75) is 31.4 Å². The number of aromatic nitrogens is 5. The van der Waals surface area contributed by atoms with E-state index in [-0.39, 0.29) is 18.6 Å². The molecule has 1 fully saturated rings. The zero-order chi connectivity index (χ0) is 17.2. The number of nitrogens with one attached hydrogen (secondary N) is 1. The Balaban J connectivity index is 1.52. The number of aliphatic hydroxyl groups is 2. The second-order valence-corrected chi connectivity index (χ2v) is 7.35. The molecule has 3 unspecified atom stereocenters. The monoisotopic (exact) mass is 360 g/mol. The molecule has 1 aliphatic carbocycles. The lowest BCUT2D eigenvalue weighted by atomic mass is 10.1. The van der Waals surface area contributed by atoms with Gasteiger partial charge in [-0.25, -0.2) is 14.6 Å². The number of hydrogen-bond acceptors (Lipinski definition) is 8. The van der Waals surface area contributed by atoms with Crippen LogP contribution in [0, 0.1) is 5.92 Å². The summed E-state index contributed by atoms with van der Waals surface area (Å²) in [6.45, 7) is 0.739. The number of thiophene rings is 1. The maximum atomic E-state index is 10.0. The average molecular weight is 360 g/mol. The Morgan fingerprint density at radius 1 is 1.32 bits per heavy atom. The van der Waals surface area contributed by atoms with E-state index < -0.39 is 6.10 Å². The molecule has 132 valence electrons. The van der Waals surface area contributed by atoms with Crippen molar-refractivity contribution in [2.75, 3.05) is 18.5 Å². The molecule has 8 nitrogen and oxygen atoms in total. The van der Waals surface area contributed by atoms with Crippen molar-refractivity contribution in [3.8, 4) is 0 Å². The number of rotatable bonds is 6. The van der Waals surface area contributed by atoms with E-state index in [1.165, 1.54) is 11.2 Å². The third-order valence-corrected chi connectivity index (χ3v) is 5.65. The molecule has 4 rings (SSSR count). The lowest BCUT2D eigenvalue weighted by Gasteiger charge is -2.10. The van der Waals surface area contributed by atoms with Crippen LogP contribution in [0.1, 0.15) is 23.8 Å². The van der Waals surface area contributed by atoms with E-state index in [1.54, 1.807) is 16.0 Å². The van der Waals surface area contributed by atoms with Crippen molar-refractivity contribution >= 4 is 28.3 Å². The fourth-order valence-electron chi connectivity index (χ4n) is 3.37. The zero-order valence-electron chi connectivity index (χ0n) is 13.6. The maximum Gasteiger partial charge on any atom is 0.184 e. The van der Waals surface area contributed by atoms with Crippen LogP contribution in [-0.4, -0.2) is 54.4 Å². The zero-order valence-corrected chi connectivity index (χ0v) is 14.4. The second-order valence-electron chi connectivity index (χ2n) is 6.32. The van der Waals surface area contributed by atoms with E-state index in [4.69, 9.17) is 0 Å². The molecule has 0 bridgehead atoms. The van der Waals surface area contributed by atoms with Gasteiger partial charge in [0.25, 0.3) is 0 Å². The van der Waals surface area contributed by atoms with Gasteiger partial charge in [-0.05, 0) is 30.7 Å². The van der Waals surface area contributed by atoms with Crippen LogP contribution in [0.25, 0.3) is 11.2 Å². The highest BCUT2D eigenvalue weighted by Crippen LogP contribution is 2.35. The molecule has 0 spiro atoms. The van der Waals surface area contributed by atoms with Crippen LogP contribution >= 0.6 is 11.3 Å². The minimum atomic E-state index is -0.514. The Kier molecular flexibility index (Phi) is 4.60. The first kappa shape index (κ1) is 16.4. The van der Waals surface area contributed by atoms with Crippen LogP contribution in [0.2, 0.25) is 0 Å². The fourth-order valence-corrected chi connectivity index (χ4v) is 4.08. The summed E-state index contributed by atoms with van der Waals surface area (Å²) in [5.41, 5.74) is 1.29. The van der Waals surface area contributed by atoms with Crippen LogP contribution in [0.3, 0.4) is 0 Å². The topological polar surface area (TPSA) is 109 Å². The summed E-state index contributed by atoms with van der Waals surface area (Å²) in [5.74, 6) is 0.555. The number of aliphatic hydroxyl groups excluding tert-OH is 2. The first-order chi connectivity index (χ1) is 12.3. The standard InChI is InChI=1S/C16H20N6O2S/c23-8-10-6-11(7-13(10)24)22-16-14(20-21-22)15(18-9-19-16)17-4-3-12-2-1-5-25-12/h1-2,5,9-11,13,23-24H,3-4,6-8H2,(H,17,18,19). The SMILES string of the molecule is OCC1CC(n2nnc3c(NCCc4cccs4)ncnc32)CC1O. The molecule has 3 atom stereocenters. The van der Waals surface area contributed by atoms with Gasteiger partial charge in [0.1, 0.15) is 6.33 Å². The van der Waals surface area contributed by atoms with Gasteiger partial charge >= 0.3 is 0 Å². The lowest BCUT2D eigenvalue weighted by Crippen LogP contribution is -2.16. The summed E-state index contributed by atoms with van der Waals surface area (Å²) >= 11 is 1.74. The van der Waals surface area contributed by atoms with Crippen LogP contribution in [-0.2, 0) is 6.42 Å². The molecule has 3 aromatic heterocycles. The second kappa shape index (κ2) is 7.03. The molecular weight excluding hydrogens is 340 g/mol. The van der Waals surface area contributed by atoms with E-state index in [9.17, 15) is 10.2 Å². The van der Waals surface area contributed by atoms with E-state index in [0.717, 1.165) is 13.0 Å². The Morgan fingerprint density at radius 2 is 2.24 bits per heavy atom. The summed E-state index contributed by atoms with van der Waals surface area (Å²) in [4.78, 5) is 9.93.